The number of allylic oxidation sites excluding steroid dienone is 2. The van der Waals surface area contributed by atoms with Crippen molar-refractivity contribution in [2.75, 3.05) is 23.9 Å². The van der Waals surface area contributed by atoms with Crippen LogP contribution in [0, 0.1) is 0 Å². The Balaban J connectivity index is 1.65. The van der Waals surface area contributed by atoms with E-state index in [-0.39, 0.29) is 17.0 Å². The first-order valence-corrected chi connectivity index (χ1v) is 13.5. The molecule has 39 heavy (non-hydrogen) atoms. The van der Waals surface area contributed by atoms with Crippen molar-refractivity contribution in [3.05, 3.63) is 94.1 Å². The first-order chi connectivity index (χ1) is 18.3. The highest BCUT2D eigenvalue weighted by molar-refractivity contribution is 5.91. The van der Waals surface area contributed by atoms with Gasteiger partial charge < -0.3 is 19.6 Å². The minimum absolute atomic E-state index is 0.134. The van der Waals surface area contributed by atoms with Crippen LogP contribution in [0.5, 0.6) is 11.5 Å². The molecule has 0 aromatic heterocycles. The van der Waals surface area contributed by atoms with Gasteiger partial charge in [0.05, 0.1) is 16.6 Å². The summed E-state index contributed by atoms with van der Waals surface area (Å²) in [7, 11) is 4.23. The molecule has 0 aliphatic carbocycles. The van der Waals surface area contributed by atoms with Gasteiger partial charge in [-0.15, -0.1) is 0 Å². The van der Waals surface area contributed by atoms with E-state index in [1.807, 2.05) is 12.1 Å². The van der Waals surface area contributed by atoms with Crippen molar-refractivity contribution >= 4 is 28.5 Å². The lowest BCUT2D eigenvalue weighted by Crippen LogP contribution is -2.42. The summed E-state index contributed by atoms with van der Waals surface area (Å²) in [5.74, 6) is 0.335. The van der Waals surface area contributed by atoms with Crippen molar-refractivity contribution in [3.63, 3.8) is 0 Å². The highest BCUT2D eigenvalue weighted by Gasteiger charge is 2.38. The average Bonchev–Trinajstić information content (AvgIpc) is 2.87. The standard InChI is InChI=1S/C34H36N2O3/c1-19-17-33(3,4)35(7)27-15-29-25(13-23(19)27)31(21-11-9-10-12-22(21)32(37)38)26-14-24-20(2)18-34(5,6)36(8)28(24)16-30(26)39-29/h9-18,31H,1-8H3,(H,37,38). The fourth-order valence-electron chi connectivity index (χ4n) is 6.58. The maximum Gasteiger partial charge on any atom is 0.335 e. The molecule has 6 rings (SSSR count). The van der Waals surface area contributed by atoms with Gasteiger partial charge in [0.25, 0.3) is 0 Å². The molecule has 3 aliphatic rings. The second kappa shape index (κ2) is 8.25. The number of likely N-dealkylation sites (N-methyl/N-ethyl adjacent to an activating group) is 2. The summed E-state index contributed by atoms with van der Waals surface area (Å²) in [4.78, 5) is 17.0. The molecule has 5 nitrogen and oxygen atoms in total. The summed E-state index contributed by atoms with van der Waals surface area (Å²) in [5.41, 5.74) is 9.73. The van der Waals surface area contributed by atoms with Crippen molar-refractivity contribution in [1.82, 2.24) is 0 Å². The number of ether oxygens (including phenoxy) is 1. The van der Waals surface area contributed by atoms with Crippen LogP contribution in [0.2, 0.25) is 0 Å². The molecule has 0 unspecified atom stereocenters. The third kappa shape index (κ3) is 3.70. The van der Waals surface area contributed by atoms with E-state index in [9.17, 15) is 9.90 Å². The minimum Gasteiger partial charge on any atom is -0.478 e. The Morgan fingerprint density at radius 3 is 1.69 bits per heavy atom. The molecular weight excluding hydrogens is 484 g/mol. The maximum absolute atomic E-state index is 12.4. The Hall–Kier alpha value is -3.99. The van der Waals surface area contributed by atoms with Gasteiger partial charge in [0, 0.05) is 65.8 Å². The van der Waals surface area contributed by atoms with Crippen LogP contribution in [0.4, 0.5) is 11.4 Å². The predicted molar refractivity (Wildman–Crippen MR) is 160 cm³/mol. The van der Waals surface area contributed by atoms with Crippen LogP contribution in [0.25, 0.3) is 11.1 Å². The Morgan fingerprint density at radius 2 is 1.23 bits per heavy atom. The smallest absolute Gasteiger partial charge is 0.335 e. The molecule has 1 N–H and O–H groups in total. The molecule has 0 saturated carbocycles. The Labute approximate surface area is 231 Å². The minimum atomic E-state index is -0.925. The molecule has 5 heteroatoms. The predicted octanol–water partition coefficient (Wildman–Crippen LogP) is 7.93. The number of benzene rings is 3. The van der Waals surface area contributed by atoms with Crippen LogP contribution in [-0.4, -0.2) is 36.2 Å². The molecule has 3 aliphatic heterocycles. The van der Waals surface area contributed by atoms with E-state index >= 15 is 0 Å². The van der Waals surface area contributed by atoms with Crippen LogP contribution in [-0.2, 0) is 0 Å². The Kier molecular flexibility index (Phi) is 5.35. The van der Waals surface area contributed by atoms with E-state index in [1.165, 1.54) is 11.1 Å². The van der Waals surface area contributed by atoms with Crippen LogP contribution >= 0.6 is 0 Å². The number of carboxylic acid groups (broad SMARTS) is 1. The van der Waals surface area contributed by atoms with Crippen molar-refractivity contribution in [1.29, 1.82) is 0 Å². The SMILES string of the molecule is CC1=CC(C)(C)N(C)c2cc3c(cc21)C(c1ccccc1C(=O)O)c1cc2c(cc1O3)N(C)C(C)(C)C=C2C. The molecular formula is C34H36N2O3. The van der Waals surface area contributed by atoms with Gasteiger partial charge >= 0.3 is 5.97 Å². The molecule has 0 fully saturated rings. The molecule has 3 aromatic carbocycles. The van der Waals surface area contributed by atoms with Crippen molar-refractivity contribution in [3.8, 4) is 11.5 Å². The molecule has 0 atom stereocenters. The van der Waals surface area contributed by atoms with Crippen LogP contribution in [0.15, 0.2) is 60.7 Å². The van der Waals surface area contributed by atoms with Gasteiger partial charge in [-0.1, -0.05) is 30.4 Å². The number of hydrogen-bond acceptors (Lipinski definition) is 4. The van der Waals surface area contributed by atoms with E-state index in [2.05, 4.69) is 102 Å². The normalized spacial score (nSPS) is 18.7. The number of carboxylic acids is 1. The summed E-state index contributed by atoms with van der Waals surface area (Å²) < 4.78 is 6.73. The molecule has 0 radical (unpaired) electrons. The van der Waals surface area contributed by atoms with Gasteiger partial charge in [-0.2, -0.15) is 0 Å². The second-order valence-electron chi connectivity index (χ2n) is 12.3. The van der Waals surface area contributed by atoms with Gasteiger partial charge in [0.15, 0.2) is 0 Å². The molecule has 0 amide bonds. The summed E-state index contributed by atoms with van der Waals surface area (Å²) in [5, 5.41) is 10.2. The van der Waals surface area contributed by atoms with Crippen LogP contribution in [0.1, 0.15) is 85.6 Å². The zero-order valence-corrected chi connectivity index (χ0v) is 24.0. The Morgan fingerprint density at radius 1 is 0.769 bits per heavy atom. The van der Waals surface area contributed by atoms with Crippen LogP contribution in [0.3, 0.4) is 0 Å². The van der Waals surface area contributed by atoms with Gasteiger partial charge in [-0.3, -0.25) is 0 Å². The largest absolute Gasteiger partial charge is 0.478 e. The average molecular weight is 521 g/mol. The monoisotopic (exact) mass is 520 g/mol. The van der Waals surface area contributed by atoms with Gasteiger partial charge in [0.1, 0.15) is 11.5 Å². The Bertz CT molecular complexity index is 1530. The molecule has 0 bridgehead atoms. The number of hydrogen-bond donors (Lipinski definition) is 1. The number of anilines is 2. The lowest BCUT2D eigenvalue weighted by atomic mass is 9.77. The van der Waals surface area contributed by atoms with Gasteiger partial charge in [-0.05, 0) is 76.5 Å². The number of rotatable bonds is 2. The summed E-state index contributed by atoms with van der Waals surface area (Å²) in [6, 6.07) is 16.1. The highest BCUT2D eigenvalue weighted by Crippen LogP contribution is 2.54. The van der Waals surface area contributed by atoms with Crippen LogP contribution < -0.4 is 14.5 Å². The number of nitrogens with zero attached hydrogens (tertiary/aromatic N) is 2. The zero-order valence-electron chi connectivity index (χ0n) is 24.0. The molecule has 3 heterocycles. The molecule has 0 saturated heterocycles. The first-order valence-electron chi connectivity index (χ1n) is 13.5. The lowest BCUT2D eigenvalue weighted by molar-refractivity contribution is 0.0695. The van der Waals surface area contributed by atoms with Crippen molar-refractivity contribution < 1.29 is 14.6 Å². The number of aromatic carboxylic acids is 1. The quantitative estimate of drug-likeness (QED) is 0.291. The second-order valence-corrected chi connectivity index (χ2v) is 12.3. The summed E-state index contributed by atoms with van der Waals surface area (Å²) >= 11 is 0. The number of fused-ring (bicyclic) bond motifs is 4. The highest BCUT2D eigenvalue weighted by atomic mass is 16.5. The van der Waals surface area contributed by atoms with E-state index in [1.54, 1.807) is 12.1 Å². The molecule has 3 aromatic rings. The fraction of sp³-hybridized carbons (Fsp3) is 0.324. The molecule has 0 spiro atoms. The fourth-order valence-corrected chi connectivity index (χ4v) is 6.58. The topological polar surface area (TPSA) is 53.0 Å². The zero-order chi connectivity index (χ0) is 28.0. The van der Waals surface area contributed by atoms with Crippen molar-refractivity contribution in [2.24, 2.45) is 0 Å². The van der Waals surface area contributed by atoms with E-state index in [0.717, 1.165) is 50.7 Å². The van der Waals surface area contributed by atoms with E-state index < -0.39 is 5.97 Å². The van der Waals surface area contributed by atoms with E-state index in [0.29, 0.717) is 5.56 Å². The van der Waals surface area contributed by atoms with Crippen molar-refractivity contribution in [2.45, 2.75) is 58.5 Å². The maximum atomic E-state index is 12.4. The summed E-state index contributed by atoms with van der Waals surface area (Å²) in [6.07, 6.45) is 4.59. The van der Waals surface area contributed by atoms with E-state index in [4.69, 9.17) is 4.74 Å². The summed E-state index contributed by atoms with van der Waals surface area (Å²) in [6.45, 7) is 13.1. The lowest BCUT2D eigenvalue weighted by Gasteiger charge is -2.43. The third-order valence-electron chi connectivity index (χ3n) is 9.04. The first kappa shape index (κ1) is 25.3. The van der Waals surface area contributed by atoms with Gasteiger partial charge in [0.2, 0.25) is 0 Å². The molecule has 200 valence electrons. The third-order valence-corrected chi connectivity index (χ3v) is 9.04. The number of carbonyl (C=O) groups is 1. The van der Waals surface area contributed by atoms with Gasteiger partial charge in [-0.25, -0.2) is 4.79 Å².